The van der Waals surface area contributed by atoms with E-state index in [1.54, 1.807) is 28.9 Å². The number of fused-ring (bicyclic) bond motifs is 1. The first-order valence-corrected chi connectivity index (χ1v) is 13.3. The van der Waals surface area contributed by atoms with Crippen LogP contribution in [0, 0.1) is 0 Å². The number of likely N-dealkylation sites (N-methyl/N-ethyl adjacent to an activating group) is 1. The van der Waals surface area contributed by atoms with Crippen molar-refractivity contribution in [1.82, 2.24) is 24.4 Å². The van der Waals surface area contributed by atoms with Crippen LogP contribution in [0.3, 0.4) is 0 Å². The minimum atomic E-state index is -4.38. The van der Waals surface area contributed by atoms with Crippen molar-refractivity contribution in [3.8, 4) is 22.4 Å². The van der Waals surface area contributed by atoms with Crippen LogP contribution in [0.1, 0.15) is 5.56 Å². The van der Waals surface area contributed by atoms with Gasteiger partial charge in [0.2, 0.25) is 9.30 Å². The van der Waals surface area contributed by atoms with Gasteiger partial charge in [0.05, 0.1) is 28.3 Å². The average molecular weight is 520 g/mol. The third-order valence-corrected chi connectivity index (χ3v) is 8.66. The number of imidazole rings is 1. The SMILES string of the molecule is CN1CCN(CCS(=O)c2nn3cc(-c4ccc(-c5cccc(C(F)(F)F)c5)cc4)nc3s2)CC1. The van der Waals surface area contributed by atoms with Crippen LogP contribution in [-0.2, 0) is 17.0 Å². The normalized spacial score (nSPS) is 16.7. The van der Waals surface area contributed by atoms with Crippen molar-refractivity contribution in [2.75, 3.05) is 45.5 Å². The maximum atomic E-state index is 13.0. The summed E-state index contributed by atoms with van der Waals surface area (Å²) < 4.78 is 54.0. The summed E-state index contributed by atoms with van der Waals surface area (Å²) in [6.45, 7) is 4.82. The van der Waals surface area contributed by atoms with Crippen molar-refractivity contribution >= 4 is 27.1 Å². The predicted octanol–water partition coefficient (Wildman–Crippen LogP) is 4.50. The van der Waals surface area contributed by atoms with Crippen LogP contribution in [0.4, 0.5) is 13.2 Å². The maximum Gasteiger partial charge on any atom is 0.416 e. The Morgan fingerprint density at radius 3 is 2.40 bits per heavy atom. The highest BCUT2D eigenvalue weighted by atomic mass is 32.2. The van der Waals surface area contributed by atoms with Crippen molar-refractivity contribution < 1.29 is 17.4 Å². The molecule has 1 unspecified atom stereocenters. The zero-order valence-corrected chi connectivity index (χ0v) is 20.7. The third-order valence-electron chi connectivity index (χ3n) is 6.11. The molecule has 2 aromatic heterocycles. The highest BCUT2D eigenvalue weighted by Crippen LogP contribution is 2.33. The Bertz CT molecular complexity index is 1310. The molecule has 6 nitrogen and oxygen atoms in total. The Labute approximate surface area is 207 Å². The first-order valence-electron chi connectivity index (χ1n) is 11.2. The van der Waals surface area contributed by atoms with Crippen LogP contribution in [0.5, 0.6) is 0 Å². The van der Waals surface area contributed by atoms with Crippen LogP contribution in [0.15, 0.2) is 59.1 Å². The van der Waals surface area contributed by atoms with Gasteiger partial charge in [-0.05, 0) is 30.3 Å². The summed E-state index contributed by atoms with van der Waals surface area (Å²) in [4.78, 5) is 9.89. The van der Waals surface area contributed by atoms with Gasteiger partial charge >= 0.3 is 6.18 Å². The number of hydrogen-bond acceptors (Lipinski definition) is 6. The van der Waals surface area contributed by atoms with Gasteiger partial charge in [-0.15, -0.1) is 5.10 Å². The summed E-state index contributed by atoms with van der Waals surface area (Å²) in [5.41, 5.74) is 2.06. The molecule has 0 bridgehead atoms. The van der Waals surface area contributed by atoms with Gasteiger partial charge in [0.15, 0.2) is 0 Å². The van der Waals surface area contributed by atoms with Crippen LogP contribution < -0.4 is 0 Å². The summed E-state index contributed by atoms with van der Waals surface area (Å²) in [5, 5.41) is 4.47. The molecule has 35 heavy (non-hydrogen) atoms. The number of halogens is 3. The molecule has 184 valence electrons. The molecule has 11 heteroatoms. The summed E-state index contributed by atoms with van der Waals surface area (Å²) in [7, 11) is 0.933. The third kappa shape index (κ3) is 5.48. The summed E-state index contributed by atoms with van der Waals surface area (Å²) >= 11 is 1.32. The molecule has 0 aliphatic carbocycles. The topological polar surface area (TPSA) is 53.7 Å². The number of rotatable bonds is 6. The van der Waals surface area contributed by atoms with Crippen molar-refractivity contribution in [2.45, 2.75) is 10.5 Å². The Hall–Kier alpha value is -2.60. The largest absolute Gasteiger partial charge is 0.416 e. The predicted molar refractivity (Wildman–Crippen MR) is 132 cm³/mol. The Morgan fingerprint density at radius 1 is 1.00 bits per heavy atom. The molecule has 0 saturated carbocycles. The van der Waals surface area contributed by atoms with Gasteiger partial charge < -0.3 is 4.90 Å². The van der Waals surface area contributed by atoms with Crippen LogP contribution in [-0.4, -0.2) is 74.1 Å². The zero-order chi connectivity index (χ0) is 24.6. The van der Waals surface area contributed by atoms with E-state index in [-0.39, 0.29) is 0 Å². The van der Waals surface area contributed by atoms with Gasteiger partial charge in [0.1, 0.15) is 0 Å². The minimum absolute atomic E-state index is 0.502. The van der Waals surface area contributed by atoms with Gasteiger partial charge in [-0.25, -0.2) is 9.50 Å². The smallest absolute Gasteiger partial charge is 0.304 e. The van der Waals surface area contributed by atoms with Crippen molar-refractivity contribution in [3.05, 3.63) is 60.3 Å². The molecule has 1 aliphatic rings. The first-order chi connectivity index (χ1) is 16.8. The average Bonchev–Trinajstić information content (AvgIpc) is 3.43. The van der Waals surface area contributed by atoms with Crippen LogP contribution >= 0.6 is 11.3 Å². The highest BCUT2D eigenvalue weighted by molar-refractivity contribution is 7.87. The number of piperazine rings is 1. The van der Waals surface area contributed by atoms with Gasteiger partial charge in [0.25, 0.3) is 0 Å². The summed E-state index contributed by atoms with van der Waals surface area (Å²) in [5.74, 6) is 0.546. The number of aromatic nitrogens is 3. The molecule has 0 radical (unpaired) electrons. The standard InChI is InChI=1S/C24H24F3N5OS2/c1-30-9-11-31(12-10-30)13-14-35(33)23-29-32-16-21(28-22(32)34-23)18-7-5-17(6-8-18)19-3-2-4-20(15-19)24(25,26)27/h2-8,15-16H,9-14H2,1H3. The van der Waals surface area contributed by atoms with Gasteiger partial charge in [0, 0.05) is 44.0 Å². The van der Waals surface area contributed by atoms with E-state index >= 15 is 0 Å². The number of benzene rings is 2. The second kappa shape index (κ2) is 9.81. The van der Waals surface area contributed by atoms with Gasteiger partial charge in [-0.1, -0.05) is 47.7 Å². The van der Waals surface area contributed by atoms with E-state index in [1.807, 2.05) is 12.1 Å². The molecule has 2 aromatic carbocycles. The van der Waals surface area contributed by atoms with Crippen molar-refractivity contribution in [1.29, 1.82) is 0 Å². The number of nitrogens with zero attached hydrogens (tertiary/aromatic N) is 5. The molecule has 0 spiro atoms. The first kappa shape index (κ1) is 24.1. The van der Waals surface area contributed by atoms with Crippen molar-refractivity contribution in [3.63, 3.8) is 0 Å². The lowest BCUT2D eigenvalue weighted by atomic mass is 10.0. The molecule has 3 heterocycles. The lowest BCUT2D eigenvalue weighted by molar-refractivity contribution is -0.137. The lowest BCUT2D eigenvalue weighted by Gasteiger charge is -2.32. The molecule has 1 saturated heterocycles. The fraction of sp³-hybridized carbons (Fsp3) is 0.333. The lowest BCUT2D eigenvalue weighted by Crippen LogP contribution is -2.45. The monoisotopic (exact) mass is 519 g/mol. The zero-order valence-electron chi connectivity index (χ0n) is 19.0. The molecule has 1 atom stereocenters. The van der Waals surface area contributed by atoms with Crippen LogP contribution in [0.25, 0.3) is 27.3 Å². The Balaban J connectivity index is 1.26. The molecule has 1 fully saturated rings. The number of hydrogen-bond donors (Lipinski definition) is 0. The summed E-state index contributed by atoms with van der Waals surface area (Å²) in [6, 6.07) is 12.5. The summed E-state index contributed by atoms with van der Waals surface area (Å²) in [6.07, 6.45) is -2.59. The molecule has 5 rings (SSSR count). The highest BCUT2D eigenvalue weighted by Gasteiger charge is 2.30. The van der Waals surface area contributed by atoms with E-state index in [4.69, 9.17) is 0 Å². The Morgan fingerprint density at radius 2 is 1.71 bits per heavy atom. The van der Waals surface area contributed by atoms with E-state index in [9.17, 15) is 17.4 Å². The van der Waals surface area contributed by atoms with E-state index in [0.29, 0.717) is 31.9 Å². The Kier molecular flexibility index (Phi) is 6.75. The minimum Gasteiger partial charge on any atom is -0.304 e. The van der Waals surface area contributed by atoms with E-state index in [1.165, 1.54) is 17.4 Å². The fourth-order valence-corrected chi connectivity index (χ4v) is 6.23. The van der Waals surface area contributed by atoms with E-state index in [0.717, 1.165) is 50.4 Å². The van der Waals surface area contributed by atoms with Crippen molar-refractivity contribution in [2.24, 2.45) is 0 Å². The second-order valence-electron chi connectivity index (χ2n) is 8.57. The fourth-order valence-electron chi connectivity index (χ4n) is 3.99. The van der Waals surface area contributed by atoms with Crippen LogP contribution in [0.2, 0.25) is 0 Å². The molecular weight excluding hydrogens is 495 g/mol. The molecule has 4 aromatic rings. The van der Waals surface area contributed by atoms with E-state index in [2.05, 4.69) is 26.9 Å². The van der Waals surface area contributed by atoms with Gasteiger partial charge in [-0.2, -0.15) is 13.2 Å². The number of alkyl halides is 3. The molecule has 0 amide bonds. The van der Waals surface area contributed by atoms with Gasteiger partial charge in [-0.3, -0.25) is 9.11 Å². The molecule has 0 N–H and O–H groups in total. The maximum absolute atomic E-state index is 13.0. The quantitative estimate of drug-likeness (QED) is 0.376. The molecule has 1 aliphatic heterocycles. The molecular formula is C24H24F3N5OS2. The van der Waals surface area contributed by atoms with E-state index < -0.39 is 22.5 Å². The second-order valence-corrected chi connectivity index (χ2v) is 11.3.